The second-order valence-corrected chi connectivity index (χ2v) is 6.65. The Kier molecular flexibility index (Phi) is 5.94. The number of nitrogens with one attached hydrogen (secondary N) is 1. The lowest BCUT2D eigenvalue weighted by Crippen LogP contribution is -2.50. The molecule has 118 valence electrons. The standard InChI is InChI=1S/C16H29N5/c1-4-6-17-13-16(2,3)14-20-9-11-21(12-10-20)15-18-7-5-8-19-15/h5,7-8,17H,4,6,9-14H2,1-3H3. The van der Waals surface area contributed by atoms with Gasteiger partial charge in [0.1, 0.15) is 0 Å². The Hall–Kier alpha value is -1.20. The molecule has 0 unspecified atom stereocenters. The summed E-state index contributed by atoms with van der Waals surface area (Å²) >= 11 is 0. The molecule has 0 aromatic carbocycles. The lowest BCUT2D eigenvalue weighted by atomic mass is 9.92. The van der Waals surface area contributed by atoms with Gasteiger partial charge in [-0.2, -0.15) is 0 Å². The zero-order valence-electron chi connectivity index (χ0n) is 13.7. The summed E-state index contributed by atoms with van der Waals surface area (Å²) in [6.45, 7) is 14.5. The van der Waals surface area contributed by atoms with Crippen molar-refractivity contribution in [3.8, 4) is 0 Å². The second kappa shape index (κ2) is 7.71. The number of nitrogens with zero attached hydrogens (tertiary/aromatic N) is 4. The maximum absolute atomic E-state index is 4.34. The maximum Gasteiger partial charge on any atom is 0.225 e. The van der Waals surface area contributed by atoms with Gasteiger partial charge in [0.2, 0.25) is 5.95 Å². The molecule has 1 N–H and O–H groups in total. The molecule has 5 heteroatoms. The van der Waals surface area contributed by atoms with Crippen molar-refractivity contribution in [2.75, 3.05) is 50.7 Å². The van der Waals surface area contributed by atoms with Crippen LogP contribution in [0.1, 0.15) is 27.2 Å². The predicted octanol–water partition coefficient (Wildman–Crippen LogP) is 1.62. The molecule has 0 amide bonds. The molecule has 0 aliphatic carbocycles. The zero-order chi connectivity index (χ0) is 15.1. The Morgan fingerprint density at radius 2 is 1.81 bits per heavy atom. The van der Waals surface area contributed by atoms with Gasteiger partial charge in [-0.15, -0.1) is 0 Å². The summed E-state index contributed by atoms with van der Waals surface area (Å²) in [5, 5.41) is 3.54. The van der Waals surface area contributed by atoms with Crippen LogP contribution in [0.5, 0.6) is 0 Å². The van der Waals surface area contributed by atoms with Gasteiger partial charge in [-0.3, -0.25) is 4.90 Å². The summed E-state index contributed by atoms with van der Waals surface area (Å²) < 4.78 is 0. The average molecular weight is 291 g/mol. The first kappa shape index (κ1) is 16.2. The molecular formula is C16H29N5. The third-order valence-corrected chi connectivity index (χ3v) is 3.89. The van der Waals surface area contributed by atoms with Crippen molar-refractivity contribution < 1.29 is 0 Å². The number of rotatable bonds is 7. The van der Waals surface area contributed by atoms with Crippen LogP contribution >= 0.6 is 0 Å². The summed E-state index contributed by atoms with van der Waals surface area (Å²) in [5.41, 5.74) is 0.320. The van der Waals surface area contributed by atoms with Crippen molar-refractivity contribution in [3.05, 3.63) is 18.5 Å². The van der Waals surface area contributed by atoms with Crippen LogP contribution in [-0.2, 0) is 0 Å². The SMILES string of the molecule is CCCNCC(C)(C)CN1CCN(c2ncccn2)CC1. The number of piperazine rings is 1. The van der Waals surface area contributed by atoms with Gasteiger partial charge in [0, 0.05) is 51.7 Å². The van der Waals surface area contributed by atoms with E-state index in [2.05, 4.69) is 45.9 Å². The molecule has 0 atom stereocenters. The summed E-state index contributed by atoms with van der Waals surface area (Å²) in [6, 6.07) is 1.87. The van der Waals surface area contributed by atoms with Gasteiger partial charge in [-0.25, -0.2) is 9.97 Å². The van der Waals surface area contributed by atoms with Gasteiger partial charge in [0.15, 0.2) is 0 Å². The number of hydrogen-bond acceptors (Lipinski definition) is 5. The van der Waals surface area contributed by atoms with Crippen molar-refractivity contribution in [1.29, 1.82) is 0 Å². The van der Waals surface area contributed by atoms with Crippen LogP contribution in [0.2, 0.25) is 0 Å². The van der Waals surface area contributed by atoms with Crippen molar-refractivity contribution in [2.45, 2.75) is 27.2 Å². The van der Waals surface area contributed by atoms with Gasteiger partial charge < -0.3 is 10.2 Å². The van der Waals surface area contributed by atoms with E-state index in [9.17, 15) is 0 Å². The van der Waals surface area contributed by atoms with E-state index in [0.29, 0.717) is 5.41 Å². The van der Waals surface area contributed by atoms with E-state index >= 15 is 0 Å². The van der Waals surface area contributed by atoms with E-state index in [4.69, 9.17) is 0 Å². The summed E-state index contributed by atoms with van der Waals surface area (Å²) in [4.78, 5) is 13.5. The highest BCUT2D eigenvalue weighted by molar-refractivity contribution is 5.29. The fraction of sp³-hybridized carbons (Fsp3) is 0.750. The van der Waals surface area contributed by atoms with E-state index in [1.165, 1.54) is 6.42 Å². The molecule has 0 bridgehead atoms. The van der Waals surface area contributed by atoms with Crippen LogP contribution in [0.15, 0.2) is 18.5 Å². The van der Waals surface area contributed by atoms with Crippen LogP contribution in [0.4, 0.5) is 5.95 Å². The molecule has 1 fully saturated rings. The van der Waals surface area contributed by atoms with Gasteiger partial charge in [0.05, 0.1) is 0 Å². The van der Waals surface area contributed by atoms with Crippen molar-refractivity contribution in [2.24, 2.45) is 5.41 Å². The number of hydrogen-bond donors (Lipinski definition) is 1. The molecule has 5 nitrogen and oxygen atoms in total. The maximum atomic E-state index is 4.34. The minimum absolute atomic E-state index is 0.320. The zero-order valence-corrected chi connectivity index (χ0v) is 13.7. The van der Waals surface area contributed by atoms with Crippen LogP contribution < -0.4 is 10.2 Å². The topological polar surface area (TPSA) is 44.3 Å². The minimum Gasteiger partial charge on any atom is -0.338 e. The van der Waals surface area contributed by atoms with Gasteiger partial charge in [-0.05, 0) is 24.4 Å². The Labute approximate surface area is 128 Å². The van der Waals surface area contributed by atoms with E-state index in [0.717, 1.165) is 51.8 Å². The molecule has 1 aliphatic rings. The Bertz CT molecular complexity index is 398. The lowest BCUT2D eigenvalue weighted by Gasteiger charge is -2.39. The normalized spacial score (nSPS) is 17.2. The Balaban J connectivity index is 1.76. The molecular weight excluding hydrogens is 262 g/mol. The smallest absolute Gasteiger partial charge is 0.225 e. The molecule has 1 aliphatic heterocycles. The highest BCUT2D eigenvalue weighted by atomic mass is 15.3. The molecule has 2 heterocycles. The highest BCUT2D eigenvalue weighted by Gasteiger charge is 2.25. The molecule has 0 spiro atoms. The largest absolute Gasteiger partial charge is 0.338 e. The first-order valence-electron chi connectivity index (χ1n) is 8.06. The Morgan fingerprint density at radius 1 is 1.14 bits per heavy atom. The van der Waals surface area contributed by atoms with Crippen molar-refractivity contribution in [3.63, 3.8) is 0 Å². The summed E-state index contributed by atoms with van der Waals surface area (Å²) in [7, 11) is 0. The van der Waals surface area contributed by atoms with Gasteiger partial charge >= 0.3 is 0 Å². The predicted molar refractivity (Wildman–Crippen MR) is 87.6 cm³/mol. The molecule has 0 saturated carbocycles. The van der Waals surface area contributed by atoms with Crippen LogP contribution in [0.3, 0.4) is 0 Å². The van der Waals surface area contributed by atoms with Crippen molar-refractivity contribution >= 4 is 5.95 Å². The van der Waals surface area contributed by atoms with Crippen LogP contribution in [0, 0.1) is 5.41 Å². The first-order chi connectivity index (χ1) is 10.1. The molecule has 1 aromatic heterocycles. The number of anilines is 1. The second-order valence-electron chi connectivity index (χ2n) is 6.65. The summed E-state index contributed by atoms with van der Waals surface area (Å²) in [6.07, 6.45) is 4.83. The lowest BCUT2D eigenvalue weighted by molar-refractivity contribution is 0.166. The summed E-state index contributed by atoms with van der Waals surface area (Å²) in [5.74, 6) is 0.862. The molecule has 1 aromatic rings. The Morgan fingerprint density at radius 3 is 2.43 bits per heavy atom. The number of aromatic nitrogens is 2. The van der Waals surface area contributed by atoms with Gasteiger partial charge in [0.25, 0.3) is 0 Å². The van der Waals surface area contributed by atoms with E-state index in [1.54, 1.807) is 0 Å². The van der Waals surface area contributed by atoms with Gasteiger partial charge in [-0.1, -0.05) is 20.8 Å². The average Bonchev–Trinajstić information content (AvgIpc) is 2.49. The molecule has 0 radical (unpaired) electrons. The molecule has 1 saturated heterocycles. The van der Waals surface area contributed by atoms with Crippen LogP contribution in [-0.4, -0.2) is 60.7 Å². The van der Waals surface area contributed by atoms with E-state index < -0.39 is 0 Å². The highest BCUT2D eigenvalue weighted by Crippen LogP contribution is 2.18. The van der Waals surface area contributed by atoms with E-state index in [1.807, 2.05) is 18.5 Å². The fourth-order valence-electron chi connectivity index (χ4n) is 2.83. The van der Waals surface area contributed by atoms with E-state index in [-0.39, 0.29) is 0 Å². The quantitative estimate of drug-likeness (QED) is 0.774. The molecule has 21 heavy (non-hydrogen) atoms. The monoisotopic (exact) mass is 291 g/mol. The van der Waals surface area contributed by atoms with Crippen molar-refractivity contribution in [1.82, 2.24) is 20.2 Å². The fourth-order valence-corrected chi connectivity index (χ4v) is 2.83. The third kappa shape index (κ3) is 5.25. The third-order valence-electron chi connectivity index (χ3n) is 3.89. The first-order valence-corrected chi connectivity index (χ1v) is 8.06. The molecule has 2 rings (SSSR count). The minimum atomic E-state index is 0.320. The van der Waals surface area contributed by atoms with Crippen LogP contribution in [0.25, 0.3) is 0 Å².